The highest BCUT2D eigenvalue weighted by Crippen LogP contribution is 2.44. The number of piperidine rings is 1. The standard InChI is InChI=1S/C19H30N4O3/c1-4-7-23-14(2)16(11-20-23)12-22-13-19(10-17(22)18(25)26)5-8-21(9-6-19)15(3)24/h11,17H,4-10,12-13H2,1-3H3,(H,25,26). The topological polar surface area (TPSA) is 78.7 Å². The number of hydrogen-bond donors (Lipinski definition) is 1. The Bertz CT molecular complexity index is 676. The minimum Gasteiger partial charge on any atom is -0.480 e. The number of hydrogen-bond acceptors (Lipinski definition) is 4. The number of carbonyl (C=O) groups excluding carboxylic acids is 1. The summed E-state index contributed by atoms with van der Waals surface area (Å²) in [5.41, 5.74) is 2.26. The molecule has 3 rings (SSSR count). The Morgan fingerprint density at radius 3 is 2.62 bits per heavy atom. The van der Waals surface area contributed by atoms with Crippen LogP contribution in [0.4, 0.5) is 0 Å². The third kappa shape index (κ3) is 3.63. The molecule has 1 N–H and O–H groups in total. The maximum absolute atomic E-state index is 11.9. The number of amides is 1. The first-order valence-corrected chi connectivity index (χ1v) is 9.59. The van der Waals surface area contributed by atoms with E-state index in [1.54, 1.807) is 6.92 Å². The van der Waals surface area contributed by atoms with Crippen molar-refractivity contribution >= 4 is 11.9 Å². The van der Waals surface area contributed by atoms with Crippen molar-refractivity contribution < 1.29 is 14.7 Å². The molecule has 7 heteroatoms. The lowest BCUT2D eigenvalue weighted by atomic mass is 9.76. The van der Waals surface area contributed by atoms with E-state index in [1.165, 1.54) is 0 Å². The predicted molar refractivity (Wildman–Crippen MR) is 97.6 cm³/mol. The quantitative estimate of drug-likeness (QED) is 0.865. The van der Waals surface area contributed by atoms with Gasteiger partial charge in [-0.3, -0.25) is 19.2 Å². The fourth-order valence-electron chi connectivity index (χ4n) is 4.51. The molecule has 7 nitrogen and oxygen atoms in total. The Kier molecular flexibility index (Phi) is 5.37. The molecule has 26 heavy (non-hydrogen) atoms. The van der Waals surface area contributed by atoms with Crippen molar-refractivity contribution in [3.05, 3.63) is 17.5 Å². The van der Waals surface area contributed by atoms with Gasteiger partial charge in [-0.25, -0.2) is 0 Å². The molecule has 0 bridgehead atoms. The molecule has 1 unspecified atom stereocenters. The summed E-state index contributed by atoms with van der Waals surface area (Å²) in [6, 6.07) is -0.451. The van der Waals surface area contributed by atoms with Gasteiger partial charge in [0.05, 0.1) is 6.20 Å². The van der Waals surface area contributed by atoms with E-state index in [-0.39, 0.29) is 11.3 Å². The van der Waals surface area contributed by atoms with Crippen LogP contribution in [0.3, 0.4) is 0 Å². The lowest BCUT2D eigenvalue weighted by Gasteiger charge is -2.39. The molecule has 2 fully saturated rings. The Morgan fingerprint density at radius 1 is 1.35 bits per heavy atom. The summed E-state index contributed by atoms with van der Waals surface area (Å²) >= 11 is 0. The molecule has 144 valence electrons. The smallest absolute Gasteiger partial charge is 0.320 e. The summed E-state index contributed by atoms with van der Waals surface area (Å²) < 4.78 is 2.00. The molecule has 0 saturated carbocycles. The van der Waals surface area contributed by atoms with Gasteiger partial charge in [-0.15, -0.1) is 0 Å². The second-order valence-corrected chi connectivity index (χ2v) is 7.95. The Labute approximate surface area is 155 Å². The summed E-state index contributed by atoms with van der Waals surface area (Å²) in [6.07, 6.45) is 5.37. The molecule has 1 aromatic heterocycles. The highest BCUT2D eigenvalue weighted by Gasteiger charge is 2.48. The van der Waals surface area contributed by atoms with Gasteiger partial charge in [0, 0.05) is 50.9 Å². The van der Waals surface area contributed by atoms with Gasteiger partial charge in [-0.1, -0.05) is 6.92 Å². The maximum Gasteiger partial charge on any atom is 0.320 e. The Balaban J connectivity index is 1.73. The van der Waals surface area contributed by atoms with E-state index in [0.29, 0.717) is 13.0 Å². The number of aryl methyl sites for hydroxylation is 1. The SMILES string of the molecule is CCCn1ncc(CN2CC3(CCN(C(C)=O)CC3)CC2C(=O)O)c1C. The largest absolute Gasteiger partial charge is 0.480 e. The fraction of sp³-hybridized carbons (Fsp3) is 0.737. The summed E-state index contributed by atoms with van der Waals surface area (Å²) in [6.45, 7) is 9.57. The third-order valence-electron chi connectivity index (χ3n) is 6.17. The average Bonchev–Trinajstić information content (AvgIpc) is 3.11. The molecule has 3 heterocycles. The van der Waals surface area contributed by atoms with E-state index in [4.69, 9.17) is 0 Å². The number of aliphatic carboxylic acids is 1. The molecule has 1 atom stereocenters. The number of carbonyl (C=O) groups is 2. The Hall–Kier alpha value is -1.89. The molecule has 0 aromatic carbocycles. The van der Waals surface area contributed by atoms with Crippen LogP contribution in [0, 0.1) is 12.3 Å². The zero-order chi connectivity index (χ0) is 18.9. The van der Waals surface area contributed by atoms with Crippen LogP contribution in [0.2, 0.25) is 0 Å². The van der Waals surface area contributed by atoms with Crippen LogP contribution in [-0.2, 0) is 22.7 Å². The average molecular weight is 362 g/mol. The summed E-state index contributed by atoms with van der Waals surface area (Å²) in [4.78, 5) is 27.4. The molecule has 1 spiro atoms. The minimum absolute atomic E-state index is 0.0162. The van der Waals surface area contributed by atoms with Crippen LogP contribution in [0.15, 0.2) is 6.20 Å². The van der Waals surface area contributed by atoms with Crippen molar-refractivity contribution in [2.24, 2.45) is 5.41 Å². The van der Waals surface area contributed by atoms with Gasteiger partial charge in [-0.2, -0.15) is 5.10 Å². The molecule has 2 aliphatic rings. The molecule has 2 aliphatic heterocycles. The number of carboxylic acid groups (broad SMARTS) is 1. The molecular weight excluding hydrogens is 332 g/mol. The third-order valence-corrected chi connectivity index (χ3v) is 6.17. The highest BCUT2D eigenvalue weighted by molar-refractivity contribution is 5.74. The lowest BCUT2D eigenvalue weighted by molar-refractivity contribution is -0.142. The first-order valence-electron chi connectivity index (χ1n) is 9.59. The van der Waals surface area contributed by atoms with Crippen LogP contribution in [-0.4, -0.2) is 62.2 Å². The zero-order valence-corrected chi connectivity index (χ0v) is 16.1. The van der Waals surface area contributed by atoms with E-state index in [9.17, 15) is 14.7 Å². The van der Waals surface area contributed by atoms with Crippen LogP contribution in [0.5, 0.6) is 0 Å². The molecule has 0 radical (unpaired) electrons. The summed E-state index contributed by atoms with van der Waals surface area (Å²) in [5.74, 6) is -0.627. The number of carboxylic acids is 1. The van der Waals surface area contributed by atoms with Crippen LogP contribution >= 0.6 is 0 Å². The lowest BCUT2D eigenvalue weighted by Crippen LogP contribution is -2.43. The number of nitrogens with zero attached hydrogens (tertiary/aromatic N) is 4. The first-order chi connectivity index (χ1) is 12.3. The van der Waals surface area contributed by atoms with Gasteiger partial charge >= 0.3 is 5.97 Å². The molecular formula is C19H30N4O3. The van der Waals surface area contributed by atoms with E-state index in [0.717, 1.165) is 56.7 Å². The molecule has 2 saturated heterocycles. The minimum atomic E-state index is -0.741. The summed E-state index contributed by atoms with van der Waals surface area (Å²) in [5, 5.41) is 14.2. The maximum atomic E-state index is 11.9. The van der Waals surface area contributed by atoms with Gasteiger partial charge in [-0.05, 0) is 38.0 Å². The van der Waals surface area contributed by atoms with E-state index in [2.05, 4.69) is 23.8 Å². The number of rotatable bonds is 5. The second-order valence-electron chi connectivity index (χ2n) is 7.95. The van der Waals surface area contributed by atoms with E-state index >= 15 is 0 Å². The van der Waals surface area contributed by atoms with Crippen LogP contribution in [0.1, 0.15) is 50.8 Å². The van der Waals surface area contributed by atoms with E-state index < -0.39 is 12.0 Å². The Morgan fingerprint density at radius 2 is 2.04 bits per heavy atom. The molecule has 0 aliphatic carbocycles. The van der Waals surface area contributed by atoms with E-state index in [1.807, 2.05) is 15.8 Å². The fourth-order valence-corrected chi connectivity index (χ4v) is 4.51. The van der Waals surface area contributed by atoms with Crippen molar-refractivity contribution in [2.45, 2.75) is 65.6 Å². The van der Waals surface area contributed by atoms with Crippen LogP contribution < -0.4 is 0 Å². The first kappa shape index (κ1) is 18.9. The molecule has 1 aromatic rings. The van der Waals surface area contributed by atoms with Gasteiger partial charge < -0.3 is 10.0 Å². The van der Waals surface area contributed by atoms with Crippen molar-refractivity contribution in [1.29, 1.82) is 0 Å². The summed E-state index contributed by atoms with van der Waals surface area (Å²) in [7, 11) is 0. The van der Waals surface area contributed by atoms with Crippen molar-refractivity contribution in [1.82, 2.24) is 19.6 Å². The van der Waals surface area contributed by atoms with Crippen molar-refractivity contribution in [2.75, 3.05) is 19.6 Å². The van der Waals surface area contributed by atoms with Gasteiger partial charge in [0.1, 0.15) is 6.04 Å². The number of likely N-dealkylation sites (tertiary alicyclic amines) is 2. The normalized spacial score (nSPS) is 22.9. The van der Waals surface area contributed by atoms with Gasteiger partial charge in [0.25, 0.3) is 0 Å². The highest BCUT2D eigenvalue weighted by atomic mass is 16.4. The number of aromatic nitrogens is 2. The zero-order valence-electron chi connectivity index (χ0n) is 16.1. The second kappa shape index (κ2) is 7.39. The van der Waals surface area contributed by atoms with Crippen molar-refractivity contribution in [3.8, 4) is 0 Å². The van der Waals surface area contributed by atoms with Gasteiger partial charge in [0.2, 0.25) is 5.91 Å². The monoisotopic (exact) mass is 362 g/mol. The van der Waals surface area contributed by atoms with Gasteiger partial charge in [0.15, 0.2) is 0 Å². The van der Waals surface area contributed by atoms with Crippen LogP contribution in [0.25, 0.3) is 0 Å². The van der Waals surface area contributed by atoms with Crippen molar-refractivity contribution in [3.63, 3.8) is 0 Å². The molecule has 1 amide bonds. The predicted octanol–water partition coefficient (Wildman–Crippen LogP) is 1.89.